The van der Waals surface area contributed by atoms with E-state index in [1.807, 2.05) is 0 Å². The first-order valence-corrected chi connectivity index (χ1v) is 6.42. The van der Waals surface area contributed by atoms with Crippen molar-refractivity contribution < 1.29 is 18.3 Å². The molecule has 82 valence electrons. The van der Waals surface area contributed by atoms with Crippen molar-refractivity contribution in [3.05, 3.63) is 29.8 Å². The van der Waals surface area contributed by atoms with Crippen LogP contribution in [-0.2, 0) is 10.0 Å². The van der Waals surface area contributed by atoms with Crippen molar-refractivity contribution >= 4 is 48.3 Å². The van der Waals surface area contributed by atoms with Gasteiger partial charge in [-0.2, -0.15) is 0 Å². The van der Waals surface area contributed by atoms with Crippen molar-refractivity contribution in [2.45, 2.75) is 4.90 Å². The van der Waals surface area contributed by atoms with Gasteiger partial charge in [-0.15, -0.1) is 0 Å². The molecule has 0 saturated carbocycles. The monoisotopic (exact) mass is 357 g/mol. The Balaban J connectivity index is 3.15. The summed E-state index contributed by atoms with van der Waals surface area (Å²) in [7, 11) is -3.65. The van der Waals surface area contributed by atoms with Crippen LogP contribution in [0.15, 0.2) is 29.2 Å². The van der Waals surface area contributed by atoms with E-state index < -0.39 is 16.0 Å². The average Bonchev–Trinajstić information content (AvgIpc) is 2.17. The lowest BCUT2D eigenvalue weighted by Gasteiger charge is -2.06. The molecule has 0 fully saturated rings. The molecule has 1 N–H and O–H groups in total. The fourth-order valence-corrected chi connectivity index (χ4v) is 2.49. The fourth-order valence-electron chi connectivity index (χ4n) is 0.849. The van der Waals surface area contributed by atoms with Crippen LogP contribution in [0.4, 0.5) is 0 Å². The van der Waals surface area contributed by atoms with E-state index in [4.69, 9.17) is 5.11 Å². The minimum absolute atomic E-state index is 0.0127. The number of carboxylic acids is 1. The first-order chi connectivity index (χ1) is 6.85. The Bertz CT molecular complexity index is 468. The average molecular weight is 359 g/mol. The Labute approximate surface area is 103 Å². The maximum Gasteiger partial charge on any atom is 0.335 e. The van der Waals surface area contributed by atoms with Gasteiger partial charge in [0.05, 0.1) is 10.5 Å². The Morgan fingerprint density at radius 1 is 1.20 bits per heavy atom. The Kier molecular flexibility index (Phi) is 3.87. The Morgan fingerprint density at radius 2 is 1.67 bits per heavy atom. The largest absolute Gasteiger partial charge is 0.478 e. The third-order valence-electron chi connectivity index (χ3n) is 1.58. The predicted molar refractivity (Wildman–Crippen MR) is 60.3 cm³/mol. The molecule has 5 nitrogen and oxygen atoms in total. The van der Waals surface area contributed by atoms with Gasteiger partial charge in [-0.25, -0.2) is 13.2 Å². The van der Waals surface area contributed by atoms with Gasteiger partial charge in [-0.3, -0.25) is 0 Å². The molecule has 0 amide bonds. The molecular weight excluding hydrogens is 354 g/mol. The lowest BCUT2D eigenvalue weighted by Crippen LogP contribution is -2.11. The number of rotatable bonds is 3. The number of benzene rings is 1. The van der Waals surface area contributed by atoms with Gasteiger partial charge in [0.15, 0.2) is 0 Å². The molecule has 0 aromatic heterocycles. The number of carboxylic acid groups (broad SMARTS) is 1. The highest BCUT2D eigenvalue weighted by molar-refractivity contribution is 9.22. The number of carbonyl (C=O) groups is 1. The number of halogens is 2. The predicted octanol–water partition coefficient (Wildman–Crippen LogP) is 2.00. The SMILES string of the molecule is O=C(O)c1ccc(S(=O)(=O)N(Br)Br)cc1. The normalized spacial score (nSPS) is 11.7. The molecule has 15 heavy (non-hydrogen) atoms. The molecular formula is C7H5Br2NO4S. The molecule has 1 rings (SSSR count). The highest BCUT2D eigenvalue weighted by Crippen LogP contribution is 2.22. The minimum atomic E-state index is -3.65. The van der Waals surface area contributed by atoms with Crippen LogP contribution in [0.25, 0.3) is 0 Å². The van der Waals surface area contributed by atoms with Crippen LogP contribution in [0, 0.1) is 0 Å². The van der Waals surface area contributed by atoms with Gasteiger partial charge in [0.1, 0.15) is 0 Å². The van der Waals surface area contributed by atoms with Crippen LogP contribution in [0.2, 0.25) is 0 Å². The summed E-state index contributed by atoms with van der Waals surface area (Å²) in [5.41, 5.74) is 0.0321. The Morgan fingerprint density at radius 3 is 2.00 bits per heavy atom. The summed E-state index contributed by atoms with van der Waals surface area (Å²) in [5, 5.41) is 8.61. The summed E-state index contributed by atoms with van der Waals surface area (Å²) in [6.07, 6.45) is 0. The second kappa shape index (κ2) is 4.60. The van der Waals surface area contributed by atoms with Gasteiger partial charge in [-0.1, -0.05) is 2.36 Å². The van der Waals surface area contributed by atoms with Gasteiger partial charge in [-0.05, 0) is 24.3 Å². The van der Waals surface area contributed by atoms with Gasteiger partial charge in [0, 0.05) is 32.3 Å². The molecule has 1 aromatic carbocycles. The number of hydrogen-bond acceptors (Lipinski definition) is 3. The van der Waals surface area contributed by atoms with Crippen molar-refractivity contribution in [1.29, 1.82) is 0 Å². The highest BCUT2D eigenvalue weighted by Gasteiger charge is 2.20. The van der Waals surface area contributed by atoms with E-state index in [-0.39, 0.29) is 10.5 Å². The Hall–Kier alpha value is -0.440. The third-order valence-corrected chi connectivity index (χ3v) is 5.10. The third kappa shape index (κ3) is 2.77. The van der Waals surface area contributed by atoms with Crippen molar-refractivity contribution in [1.82, 2.24) is 2.36 Å². The molecule has 1 aromatic rings. The lowest BCUT2D eigenvalue weighted by molar-refractivity contribution is 0.0697. The summed E-state index contributed by atoms with van der Waals surface area (Å²) >= 11 is 5.45. The first-order valence-electron chi connectivity index (χ1n) is 3.56. The van der Waals surface area contributed by atoms with Crippen LogP contribution in [0.3, 0.4) is 0 Å². The molecule has 0 atom stereocenters. The molecule has 8 heteroatoms. The van der Waals surface area contributed by atoms with E-state index in [1.165, 1.54) is 24.3 Å². The quantitative estimate of drug-likeness (QED) is 0.838. The fraction of sp³-hybridized carbons (Fsp3) is 0. The molecule has 0 spiro atoms. The molecule has 0 aliphatic rings. The van der Waals surface area contributed by atoms with Crippen molar-refractivity contribution in [3.8, 4) is 0 Å². The topological polar surface area (TPSA) is 74.7 Å². The van der Waals surface area contributed by atoms with Crippen LogP contribution in [0.1, 0.15) is 10.4 Å². The number of hydrogen-bond donors (Lipinski definition) is 1. The first kappa shape index (κ1) is 12.6. The number of aromatic carboxylic acids is 1. The van der Waals surface area contributed by atoms with E-state index in [1.54, 1.807) is 0 Å². The van der Waals surface area contributed by atoms with E-state index in [0.29, 0.717) is 2.36 Å². The molecule has 0 bridgehead atoms. The van der Waals surface area contributed by atoms with Crippen LogP contribution in [-0.4, -0.2) is 21.9 Å². The summed E-state index contributed by atoms with van der Waals surface area (Å²) in [6, 6.07) is 4.88. The number of sulfonamides is 1. The zero-order chi connectivity index (χ0) is 11.6. The summed E-state index contributed by atoms with van der Waals surface area (Å²) in [5.74, 6) is -1.10. The van der Waals surface area contributed by atoms with E-state index in [0.717, 1.165) is 0 Å². The number of nitrogens with zero attached hydrogens (tertiary/aromatic N) is 1. The maximum absolute atomic E-state index is 11.5. The van der Waals surface area contributed by atoms with Gasteiger partial charge in [0.2, 0.25) is 0 Å². The minimum Gasteiger partial charge on any atom is -0.478 e. The van der Waals surface area contributed by atoms with Crippen molar-refractivity contribution in [3.63, 3.8) is 0 Å². The van der Waals surface area contributed by atoms with Gasteiger partial charge < -0.3 is 5.11 Å². The second-order valence-electron chi connectivity index (χ2n) is 2.51. The standard InChI is InChI=1S/C7H5Br2NO4S/c8-10(9)15(13,14)6-3-1-5(2-4-6)7(11)12/h1-4H,(H,11,12). The van der Waals surface area contributed by atoms with Crippen LogP contribution < -0.4 is 0 Å². The summed E-state index contributed by atoms with van der Waals surface area (Å²) in [4.78, 5) is 10.5. The molecule has 0 unspecified atom stereocenters. The van der Waals surface area contributed by atoms with Crippen LogP contribution >= 0.6 is 32.3 Å². The molecule has 0 radical (unpaired) electrons. The van der Waals surface area contributed by atoms with Crippen molar-refractivity contribution in [2.24, 2.45) is 0 Å². The van der Waals surface area contributed by atoms with Crippen LogP contribution in [0.5, 0.6) is 0 Å². The smallest absolute Gasteiger partial charge is 0.335 e. The van der Waals surface area contributed by atoms with Gasteiger partial charge >= 0.3 is 5.97 Å². The van der Waals surface area contributed by atoms with E-state index >= 15 is 0 Å². The second-order valence-corrected chi connectivity index (χ2v) is 7.60. The zero-order valence-electron chi connectivity index (χ0n) is 7.09. The summed E-state index contributed by atoms with van der Waals surface area (Å²) < 4.78 is 23.7. The van der Waals surface area contributed by atoms with E-state index in [9.17, 15) is 13.2 Å². The highest BCUT2D eigenvalue weighted by atomic mass is 79.9. The molecule has 0 saturated heterocycles. The molecule has 0 heterocycles. The summed E-state index contributed by atoms with van der Waals surface area (Å²) in [6.45, 7) is 0. The van der Waals surface area contributed by atoms with E-state index in [2.05, 4.69) is 32.3 Å². The zero-order valence-corrected chi connectivity index (χ0v) is 11.1. The van der Waals surface area contributed by atoms with Crippen molar-refractivity contribution in [2.75, 3.05) is 0 Å². The molecule has 0 aliphatic heterocycles. The molecule has 0 aliphatic carbocycles. The van der Waals surface area contributed by atoms with Gasteiger partial charge in [0.25, 0.3) is 10.0 Å². The lowest BCUT2D eigenvalue weighted by atomic mass is 10.2. The maximum atomic E-state index is 11.5.